The molecule has 1 atom stereocenters. The third kappa shape index (κ3) is 6.04. The fourth-order valence-electron chi connectivity index (χ4n) is 1.61. The Morgan fingerprint density at radius 1 is 1.43 bits per heavy atom. The van der Waals surface area contributed by atoms with Crippen molar-refractivity contribution < 1.29 is 4.74 Å². The van der Waals surface area contributed by atoms with Crippen molar-refractivity contribution in [3.05, 3.63) is 0 Å². The van der Waals surface area contributed by atoms with Gasteiger partial charge in [0, 0.05) is 26.2 Å². The predicted octanol–water partition coefficient (Wildman–Crippen LogP) is 1.15. The largest absolute Gasteiger partial charge is 0.374 e. The Morgan fingerprint density at radius 2 is 2.07 bits per heavy atom. The molecule has 0 aromatic heterocycles. The molecule has 1 aliphatic heterocycles. The van der Waals surface area contributed by atoms with E-state index in [0.717, 1.165) is 25.6 Å². The van der Waals surface area contributed by atoms with Crippen LogP contribution in [0.4, 0.5) is 0 Å². The van der Waals surface area contributed by atoms with Crippen molar-refractivity contribution in [2.45, 2.75) is 20.0 Å². The van der Waals surface area contributed by atoms with Gasteiger partial charge in [-0.05, 0) is 5.92 Å². The van der Waals surface area contributed by atoms with Gasteiger partial charge in [-0.1, -0.05) is 13.8 Å². The van der Waals surface area contributed by atoms with E-state index in [9.17, 15) is 0 Å². The van der Waals surface area contributed by atoms with Gasteiger partial charge >= 0.3 is 0 Å². The number of rotatable bonds is 3. The standard InChI is InChI=1S/C9H20N2O.2ClH/c1-8(2)6-11-3-4-12-9(5-10)7-11;;/h8-9H,3-7,10H2,1-2H3;2*1H. The van der Waals surface area contributed by atoms with Gasteiger partial charge in [0.1, 0.15) is 0 Å². The first kappa shape index (κ1) is 16.9. The Labute approximate surface area is 99.2 Å². The molecule has 1 rings (SSSR count). The average Bonchev–Trinajstić information content (AvgIpc) is 2.03. The summed E-state index contributed by atoms with van der Waals surface area (Å²) in [5.41, 5.74) is 5.54. The van der Waals surface area contributed by atoms with Gasteiger partial charge in [-0.2, -0.15) is 0 Å². The fraction of sp³-hybridized carbons (Fsp3) is 1.00. The Kier molecular flexibility index (Phi) is 10.5. The van der Waals surface area contributed by atoms with E-state index in [1.807, 2.05) is 0 Å². The van der Waals surface area contributed by atoms with Crippen LogP contribution in [0.2, 0.25) is 0 Å². The molecule has 0 amide bonds. The van der Waals surface area contributed by atoms with Crippen molar-refractivity contribution in [2.24, 2.45) is 11.7 Å². The van der Waals surface area contributed by atoms with Crippen molar-refractivity contribution in [3.8, 4) is 0 Å². The van der Waals surface area contributed by atoms with Crippen LogP contribution in [0.25, 0.3) is 0 Å². The molecule has 1 heterocycles. The molecule has 1 unspecified atom stereocenters. The highest BCUT2D eigenvalue weighted by Gasteiger charge is 2.19. The molecule has 0 spiro atoms. The molecule has 5 heteroatoms. The molecule has 1 aliphatic rings. The van der Waals surface area contributed by atoms with Crippen LogP contribution in [0.15, 0.2) is 0 Å². The maximum absolute atomic E-state index is 5.54. The third-order valence-electron chi connectivity index (χ3n) is 2.11. The van der Waals surface area contributed by atoms with Crippen molar-refractivity contribution in [1.82, 2.24) is 4.90 Å². The summed E-state index contributed by atoms with van der Waals surface area (Å²) in [7, 11) is 0. The molecule has 0 bridgehead atoms. The SMILES string of the molecule is CC(C)CN1CCOC(CN)C1.Cl.Cl. The van der Waals surface area contributed by atoms with Crippen LogP contribution in [-0.4, -0.2) is 43.8 Å². The Morgan fingerprint density at radius 3 is 2.57 bits per heavy atom. The molecule has 1 fully saturated rings. The van der Waals surface area contributed by atoms with E-state index >= 15 is 0 Å². The minimum Gasteiger partial charge on any atom is -0.374 e. The normalized spacial score (nSPS) is 22.7. The summed E-state index contributed by atoms with van der Waals surface area (Å²) in [5.74, 6) is 0.738. The highest BCUT2D eigenvalue weighted by atomic mass is 35.5. The highest BCUT2D eigenvalue weighted by molar-refractivity contribution is 5.85. The Balaban J connectivity index is 0. The first-order chi connectivity index (χ1) is 5.72. The molecule has 0 aromatic rings. The number of nitrogens with two attached hydrogens (primary N) is 1. The number of halogens is 2. The number of hydrogen-bond acceptors (Lipinski definition) is 3. The van der Waals surface area contributed by atoms with Gasteiger partial charge in [-0.25, -0.2) is 0 Å². The molecule has 1 saturated heterocycles. The number of hydrogen-bond donors (Lipinski definition) is 1. The zero-order valence-electron chi connectivity index (χ0n) is 8.94. The van der Waals surface area contributed by atoms with Crippen molar-refractivity contribution in [2.75, 3.05) is 32.8 Å². The van der Waals surface area contributed by atoms with Crippen molar-refractivity contribution in [1.29, 1.82) is 0 Å². The quantitative estimate of drug-likeness (QED) is 0.810. The number of ether oxygens (including phenoxy) is 1. The van der Waals surface area contributed by atoms with Gasteiger partial charge in [-0.15, -0.1) is 24.8 Å². The van der Waals surface area contributed by atoms with E-state index in [2.05, 4.69) is 18.7 Å². The van der Waals surface area contributed by atoms with E-state index in [4.69, 9.17) is 10.5 Å². The molecular weight excluding hydrogens is 223 g/mol. The van der Waals surface area contributed by atoms with Crippen molar-refractivity contribution in [3.63, 3.8) is 0 Å². The van der Waals surface area contributed by atoms with E-state index in [1.54, 1.807) is 0 Å². The molecule has 0 radical (unpaired) electrons. The zero-order chi connectivity index (χ0) is 8.97. The van der Waals surface area contributed by atoms with E-state index < -0.39 is 0 Å². The fourth-order valence-corrected chi connectivity index (χ4v) is 1.61. The highest BCUT2D eigenvalue weighted by Crippen LogP contribution is 2.06. The van der Waals surface area contributed by atoms with Gasteiger partial charge in [0.05, 0.1) is 12.7 Å². The predicted molar refractivity (Wildman–Crippen MR) is 64.6 cm³/mol. The van der Waals surface area contributed by atoms with Crippen LogP contribution < -0.4 is 5.73 Å². The molecule has 0 aromatic carbocycles. The first-order valence-corrected chi connectivity index (χ1v) is 4.76. The molecule has 14 heavy (non-hydrogen) atoms. The monoisotopic (exact) mass is 244 g/mol. The second-order valence-corrected chi connectivity index (χ2v) is 3.88. The molecule has 3 nitrogen and oxygen atoms in total. The van der Waals surface area contributed by atoms with E-state index in [-0.39, 0.29) is 30.9 Å². The molecule has 0 aliphatic carbocycles. The lowest BCUT2D eigenvalue weighted by atomic mass is 10.2. The minimum atomic E-state index is 0. The molecular formula is C9H22Cl2N2O. The first-order valence-electron chi connectivity index (χ1n) is 4.76. The summed E-state index contributed by atoms with van der Waals surface area (Å²) in [4.78, 5) is 2.44. The molecule has 2 N–H and O–H groups in total. The summed E-state index contributed by atoms with van der Waals surface area (Å²) >= 11 is 0. The minimum absolute atomic E-state index is 0. The van der Waals surface area contributed by atoms with Gasteiger partial charge in [0.25, 0.3) is 0 Å². The summed E-state index contributed by atoms with van der Waals surface area (Å²) < 4.78 is 5.47. The van der Waals surface area contributed by atoms with E-state index in [1.165, 1.54) is 6.54 Å². The topological polar surface area (TPSA) is 38.5 Å². The van der Waals surface area contributed by atoms with Crippen LogP contribution in [0.1, 0.15) is 13.8 Å². The summed E-state index contributed by atoms with van der Waals surface area (Å²) in [6.45, 7) is 9.21. The van der Waals surface area contributed by atoms with Crippen LogP contribution in [0, 0.1) is 5.92 Å². The molecule has 88 valence electrons. The maximum Gasteiger partial charge on any atom is 0.0824 e. The third-order valence-corrected chi connectivity index (χ3v) is 2.11. The Hall–Kier alpha value is 0.460. The van der Waals surface area contributed by atoms with Crippen LogP contribution in [0.5, 0.6) is 0 Å². The summed E-state index contributed by atoms with van der Waals surface area (Å²) in [6.07, 6.45) is 0.262. The van der Waals surface area contributed by atoms with Crippen LogP contribution in [0.3, 0.4) is 0 Å². The van der Waals surface area contributed by atoms with Gasteiger partial charge in [0.2, 0.25) is 0 Å². The van der Waals surface area contributed by atoms with Crippen molar-refractivity contribution >= 4 is 24.8 Å². The number of nitrogens with zero attached hydrogens (tertiary/aromatic N) is 1. The van der Waals surface area contributed by atoms with Gasteiger partial charge in [0.15, 0.2) is 0 Å². The Bertz CT molecular complexity index is 136. The lowest BCUT2D eigenvalue weighted by molar-refractivity contribution is -0.0263. The maximum atomic E-state index is 5.54. The summed E-state index contributed by atoms with van der Waals surface area (Å²) in [6, 6.07) is 0. The second-order valence-electron chi connectivity index (χ2n) is 3.88. The van der Waals surface area contributed by atoms with Gasteiger partial charge in [-0.3, -0.25) is 4.90 Å². The molecule has 0 saturated carbocycles. The van der Waals surface area contributed by atoms with Crippen LogP contribution >= 0.6 is 24.8 Å². The smallest absolute Gasteiger partial charge is 0.0824 e. The lowest BCUT2D eigenvalue weighted by Crippen LogP contribution is -2.46. The average molecular weight is 245 g/mol. The van der Waals surface area contributed by atoms with Crippen LogP contribution in [-0.2, 0) is 4.74 Å². The zero-order valence-corrected chi connectivity index (χ0v) is 10.6. The van der Waals surface area contributed by atoms with Gasteiger partial charge < -0.3 is 10.5 Å². The number of morpholine rings is 1. The second kappa shape index (κ2) is 8.74. The lowest BCUT2D eigenvalue weighted by Gasteiger charge is -2.33. The van der Waals surface area contributed by atoms with E-state index in [0.29, 0.717) is 6.54 Å². The summed E-state index contributed by atoms with van der Waals surface area (Å²) in [5, 5.41) is 0.